The van der Waals surface area contributed by atoms with Crippen molar-refractivity contribution in [3.63, 3.8) is 0 Å². The number of ether oxygens (including phenoxy) is 1. The summed E-state index contributed by atoms with van der Waals surface area (Å²) < 4.78 is 18.1. The van der Waals surface area contributed by atoms with Gasteiger partial charge in [-0.1, -0.05) is 42.5 Å². The fourth-order valence-corrected chi connectivity index (χ4v) is 3.83. The molecule has 4 rings (SSSR count). The molecule has 0 aliphatic heterocycles. The van der Waals surface area contributed by atoms with Crippen molar-refractivity contribution in [2.24, 2.45) is 0 Å². The molecular formula is C21H15FN2O3S. The van der Waals surface area contributed by atoms with E-state index in [9.17, 15) is 14.0 Å². The molecule has 2 aromatic carbocycles. The Morgan fingerprint density at radius 3 is 2.61 bits per heavy atom. The Morgan fingerprint density at radius 1 is 1.11 bits per heavy atom. The Labute approximate surface area is 163 Å². The molecule has 4 aromatic rings. The van der Waals surface area contributed by atoms with Crippen molar-refractivity contribution in [1.82, 2.24) is 9.97 Å². The van der Waals surface area contributed by atoms with Crippen LogP contribution >= 0.6 is 11.3 Å². The van der Waals surface area contributed by atoms with E-state index in [2.05, 4.69) is 9.97 Å². The molecule has 0 radical (unpaired) electrons. The number of nitrogens with one attached hydrogen (secondary N) is 1. The average Bonchev–Trinajstić information content (AvgIpc) is 3.13. The highest BCUT2D eigenvalue weighted by atomic mass is 32.1. The highest BCUT2D eigenvalue weighted by Gasteiger charge is 2.14. The first kappa shape index (κ1) is 18.1. The highest BCUT2D eigenvalue weighted by Crippen LogP contribution is 2.30. The third-order valence-electron chi connectivity index (χ3n) is 4.21. The number of H-pyrrole nitrogens is 1. The van der Waals surface area contributed by atoms with Crippen molar-refractivity contribution in [3.05, 3.63) is 87.5 Å². The number of rotatable bonds is 5. The molecule has 28 heavy (non-hydrogen) atoms. The van der Waals surface area contributed by atoms with Gasteiger partial charge < -0.3 is 9.72 Å². The summed E-state index contributed by atoms with van der Waals surface area (Å²) >= 11 is 1.37. The lowest BCUT2D eigenvalue weighted by Gasteiger charge is -2.05. The number of halogens is 1. The van der Waals surface area contributed by atoms with Gasteiger partial charge in [0.15, 0.2) is 0 Å². The molecule has 0 fully saturated rings. The van der Waals surface area contributed by atoms with E-state index in [-0.39, 0.29) is 30.2 Å². The SMILES string of the molecule is O=C(Cc1ccc(F)cc1)OCc1nc2scc(-c3ccccc3)c2c(=O)[nH]1. The van der Waals surface area contributed by atoms with Gasteiger partial charge in [0, 0.05) is 10.9 Å². The van der Waals surface area contributed by atoms with E-state index in [0.717, 1.165) is 11.1 Å². The Hall–Kier alpha value is -3.32. The van der Waals surface area contributed by atoms with Crippen molar-refractivity contribution in [2.45, 2.75) is 13.0 Å². The zero-order chi connectivity index (χ0) is 19.5. The molecule has 0 aliphatic rings. The molecule has 0 bridgehead atoms. The molecule has 0 saturated heterocycles. The van der Waals surface area contributed by atoms with Crippen molar-refractivity contribution >= 4 is 27.5 Å². The van der Waals surface area contributed by atoms with E-state index in [1.54, 1.807) is 0 Å². The summed E-state index contributed by atoms with van der Waals surface area (Å²) in [6, 6.07) is 15.2. The molecular weight excluding hydrogens is 379 g/mol. The Kier molecular flexibility index (Phi) is 4.99. The third-order valence-corrected chi connectivity index (χ3v) is 5.08. The van der Waals surface area contributed by atoms with Crippen LogP contribution in [-0.2, 0) is 22.6 Å². The Bertz CT molecular complexity index is 1180. The van der Waals surface area contributed by atoms with Gasteiger partial charge in [-0.3, -0.25) is 9.59 Å². The van der Waals surface area contributed by atoms with Crippen LogP contribution in [0.25, 0.3) is 21.3 Å². The van der Waals surface area contributed by atoms with Crippen molar-refractivity contribution in [2.75, 3.05) is 0 Å². The summed E-state index contributed by atoms with van der Waals surface area (Å²) in [5.41, 5.74) is 2.15. The van der Waals surface area contributed by atoms with Gasteiger partial charge in [-0.2, -0.15) is 0 Å². The largest absolute Gasteiger partial charge is 0.457 e. The maximum Gasteiger partial charge on any atom is 0.310 e. The maximum absolute atomic E-state index is 12.9. The smallest absolute Gasteiger partial charge is 0.310 e. The first-order chi connectivity index (χ1) is 13.6. The number of carbonyl (C=O) groups is 1. The molecule has 0 aliphatic carbocycles. The van der Waals surface area contributed by atoms with Gasteiger partial charge in [-0.15, -0.1) is 11.3 Å². The summed E-state index contributed by atoms with van der Waals surface area (Å²) in [7, 11) is 0. The van der Waals surface area contributed by atoms with Gasteiger partial charge in [0.1, 0.15) is 23.1 Å². The minimum atomic E-state index is -0.481. The molecule has 2 heterocycles. The van der Waals surface area contributed by atoms with Gasteiger partial charge >= 0.3 is 5.97 Å². The summed E-state index contributed by atoms with van der Waals surface area (Å²) in [6.45, 7) is -0.135. The predicted octanol–water partition coefficient (Wildman–Crippen LogP) is 4.08. The number of aromatic nitrogens is 2. The number of aromatic amines is 1. The monoisotopic (exact) mass is 394 g/mol. The quantitative estimate of drug-likeness (QED) is 0.518. The first-order valence-electron chi connectivity index (χ1n) is 8.56. The van der Waals surface area contributed by atoms with Crippen LogP contribution in [-0.4, -0.2) is 15.9 Å². The zero-order valence-corrected chi connectivity index (χ0v) is 15.5. The number of hydrogen-bond acceptors (Lipinski definition) is 5. The fraction of sp³-hybridized carbons (Fsp3) is 0.0952. The maximum atomic E-state index is 12.9. The molecule has 0 saturated carbocycles. The highest BCUT2D eigenvalue weighted by molar-refractivity contribution is 7.17. The number of thiophene rings is 1. The summed E-state index contributed by atoms with van der Waals surface area (Å²) in [6.07, 6.45) is 0.0178. The molecule has 5 nitrogen and oxygen atoms in total. The van der Waals surface area contributed by atoms with Crippen LogP contribution in [0.5, 0.6) is 0 Å². The van der Waals surface area contributed by atoms with Crippen LogP contribution in [0, 0.1) is 5.82 Å². The van der Waals surface area contributed by atoms with Crippen LogP contribution in [0.4, 0.5) is 4.39 Å². The minimum absolute atomic E-state index is 0.0178. The summed E-state index contributed by atoms with van der Waals surface area (Å²) in [5.74, 6) is -0.560. The fourth-order valence-electron chi connectivity index (χ4n) is 2.86. The molecule has 0 amide bonds. The van der Waals surface area contributed by atoms with Gasteiger partial charge in [0.25, 0.3) is 5.56 Å². The van der Waals surface area contributed by atoms with E-state index in [0.29, 0.717) is 15.8 Å². The van der Waals surface area contributed by atoms with Crippen LogP contribution in [0.15, 0.2) is 64.8 Å². The van der Waals surface area contributed by atoms with Crippen LogP contribution in [0.2, 0.25) is 0 Å². The molecule has 0 spiro atoms. The predicted molar refractivity (Wildman–Crippen MR) is 106 cm³/mol. The number of nitrogens with zero attached hydrogens (tertiary/aromatic N) is 1. The number of benzene rings is 2. The third kappa shape index (κ3) is 3.84. The van der Waals surface area contributed by atoms with E-state index in [1.807, 2.05) is 35.7 Å². The lowest BCUT2D eigenvalue weighted by Crippen LogP contribution is -2.15. The van der Waals surface area contributed by atoms with E-state index >= 15 is 0 Å². The first-order valence-corrected chi connectivity index (χ1v) is 9.44. The van der Waals surface area contributed by atoms with Crippen molar-refractivity contribution < 1.29 is 13.9 Å². The second-order valence-electron chi connectivity index (χ2n) is 6.17. The number of fused-ring (bicyclic) bond motifs is 1. The molecule has 7 heteroatoms. The van der Waals surface area contributed by atoms with Crippen molar-refractivity contribution in [1.29, 1.82) is 0 Å². The van der Waals surface area contributed by atoms with E-state index in [4.69, 9.17) is 4.74 Å². The normalized spacial score (nSPS) is 10.9. The van der Waals surface area contributed by atoms with Crippen LogP contribution in [0.1, 0.15) is 11.4 Å². The summed E-state index contributed by atoms with van der Waals surface area (Å²) in [4.78, 5) is 32.2. The van der Waals surface area contributed by atoms with Gasteiger partial charge in [-0.25, -0.2) is 9.37 Å². The lowest BCUT2D eigenvalue weighted by molar-refractivity contribution is -0.144. The van der Waals surface area contributed by atoms with Crippen LogP contribution < -0.4 is 5.56 Å². The van der Waals surface area contributed by atoms with E-state index in [1.165, 1.54) is 35.6 Å². The minimum Gasteiger partial charge on any atom is -0.457 e. The number of hydrogen-bond donors (Lipinski definition) is 1. The molecule has 140 valence electrons. The zero-order valence-electron chi connectivity index (χ0n) is 14.6. The van der Waals surface area contributed by atoms with Gasteiger partial charge in [-0.05, 0) is 23.3 Å². The second-order valence-corrected chi connectivity index (χ2v) is 7.03. The lowest BCUT2D eigenvalue weighted by atomic mass is 10.1. The van der Waals surface area contributed by atoms with E-state index < -0.39 is 5.97 Å². The van der Waals surface area contributed by atoms with Crippen molar-refractivity contribution in [3.8, 4) is 11.1 Å². The molecule has 0 atom stereocenters. The summed E-state index contributed by atoms with van der Waals surface area (Å²) in [5, 5.41) is 2.42. The average molecular weight is 394 g/mol. The topological polar surface area (TPSA) is 72.0 Å². The van der Waals surface area contributed by atoms with Gasteiger partial charge in [0.2, 0.25) is 0 Å². The molecule has 2 aromatic heterocycles. The second kappa shape index (κ2) is 7.74. The van der Waals surface area contributed by atoms with Crippen LogP contribution in [0.3, 0.4) is 0 Å². The number of esters is 1. The standard InChI is InChI=1S/C21H15FN2O3S/c22-15-8-6-13(7-9-15)10-18(25)27-11-17-23-20(26)19-16(12-28-21(19)24-17)14-4-2-1-3-5-14/h1-9,12H,10-11H2,(H,23,24,26). The molecule has 0 unspecified atom stereocenters. The Balaban J connectivity index is 1.50. The number of carbonyl (C=O) groups excluding carboxylic acids is 1. The molecule has 1 N–H and O–H groups in total. The van der Waals surface area contributed by atoms with Gasteiger partial charge in [0.05, 0.1) is 11.8 Å². The Morgan fingerprint density at radius 2 is 1.86 bits per heavy atom.